The van der Waals surface area contributed by atoms with E-state index in [0.717, 1.165) is 54.0 Å². The number of hydrogen-bond acceptors (Lipinski definition) is 8. The minimum atomic E-state index is -0.910. The van der Waals surface area contributed by atoms with Crippen LogP contribution in [0, 0.1) is 6.92 Å². The highest BCUT2D eigenvalue weighted by atomic mass is 16.5. The van der Waals surface area contributed by atoms with E-state index in [4.69, 9.17) is 19.4 Å². The maximum Gasteiger partial charge on any atom is 0.259 e. The molecule has 0 spiro atoms. The highest BCUT2D eigenvalue weighted by Gasteiger charge is 2.20. The van der Waals surface area contributed by atoms with Crippen molar-refractivity contribution >= 4 is 5.82 Å². The maximum absolute atomic E-state index is 9.62. The van der Waals surface area contributed by atoms with Crippen molar-refractivity contribution < 1.29 is 19.5 Å². The summed E-state index contributed by atoms with van der Waals surface area (Å²) in [5.74, 6) is 2.73. The molecule has 1 aliphatic rings. The topological polar surface area (TPSA) is 105 Å². The van der Waals surface area contributed by atoms with Crippen molar-refractivity contribution in [2.75, 3.05) is 31.2 Å². The van der Waals surface area contributed by atoms with Crippen LogP contribution >= 0.6 is 0 Å². The third kappa shape index (κ3) is 5.02. The average molecular weight is 453 g/mol. The number of pyridine rings is 1. The van der Waals surface area contributed by atoms with Gasteiger partial charge in [0.25, 0.3) is 5.89 Å². The molecule has 8 nitrogen and oxygen atoms in total. The molecule has 1 aliphatic heterocycles. The predicted octanol–water partition coefficient (Wildman–Crippen LogP) is 3.56. The second-order valence-corrected chi connectivity index (χ2v) is 8.46. The van der Waals surface area contributed by atoms with Gasteiger partial charge in [0.1, 0.15) is 24.3 Å². The number of nitrogens with zero attached hydrogens (tertiary/aromatic N) is 4. The summed E-state index contributed by atoms with van der Waals surface area (Å²) in [6.45, 7) is 7.93. The van der Waals surface area contributed by atoms with Gasteiger partial charge in [0.2, 0.25) is 5.82 Å². The summed E-state index contributed by atoms with van der Waals surface area (Å²) in [6, 6.07) is 6.03. The van der Waals surface area contributed by atoms with E-state index < -0.39 is 6.10 Å². The normalized spacial score (nSPS) is 14.6. The molecule has 0 bridgehead atoms. The Bertz CT molecular complexity index is 1090. The Hall–Kier alpha value is -2.97. The standard InChI is InChI=1S/C25H32N4O4/c1-4-17-11-19(10-16(3)22(17)32-15-21(31)14-30)23-27-25(33-28-23)20-12-18(5-2)24(26-13-20)29-8-6-7-9-29/h10-13,21,30-31H,4-9,14-15H2,1-3H3/t21-/m1/s1. The van der Waals surface area contributed by atoms with Gasteiger partial charge in [0.05, 0.1) is 12.2 Å². The second-order valence-electron chi connectivity index (χ2n) is 8.46. The first-order chi connectivity index (χ1) is 16.0. The molecular formula is C25H32N4O4. The molecule has 176 valence electrons. The lowest BCUT2D eigenvalue weighted by atomic mass is 10.0. The summed E-state index contributed by atoms with van der Waals surface area (Å²) in [6.07, 6.45) is 4.96. The van der Waals surface area contributed by atoms with Crippen molar-refractivity contribution in [3.8, 4) is 28.6 Å². The van der Waals surface area contributed by atoms with Gasteiger partial charge in [-0.3, -0.25) is 0 Å². The lowest BCUT2D eigenvalue weighted by Crippen LogP contribution is -2.22. The van der Waals surface area contributed by atoms with E-state index in [9.17, 15) is 5.11 Å². The summed E-state index contributed by atoms with van der Waals surface area (Å²) in [5, 5.41) is 22.9. The number of benzene rings is 1. The van der Waals surface area contributed by atoms with Crippen molar-refractivity contribution in [1.29, 1.82) is 0 Å². The number of aryl methyl sites for hydroxylation is 3. The van der Waals surface area contributed by atoms with Gasteiger partial charge < -0.3 is 24.4 Å². The largest absolute Gasteiger partial charge is 0.490 e. The SMILES string of the molecule is CCc1cc(-c2nc(-c3cc(C)c(OC[C@H](O)CO)c(CC)c3)no2)cnc1N1CCCC1. The highest BCUT2D eigenvalue weighted by Crippen LogP contribution is 2.32. The van der Waals surface area contributed by atoms with Crippen LogP contribution in [0.15, 0.2) is 28.9 Å². The van der Waals surface area contributed by atoms with Crippen molar-refractivity contribution in [3.05, 3.63) is 41.1 Å². The zero-order chi connectivity index (χ0) is 23.4. The van der Waals surface area contributed by atoms with Gasteiger partial charge in [-0.05, 0) is 67.5 Å². The molecule has 1 atom stereocenters. The molecule has 0 radical (unpaired) electrons. The Morgan fingerprint density at radius 1 is 1.09 bits per heavy atom. The lowest BCUT2D eigenvalue weighted by Gasteiger charge is -2.19. The molecule has 1 aromatic carbocycles. The molecule has 0 aliphatic carbocycles. The number of rotatable bonds is 9. The van der Waals surface area contributed by atoms with Crippen molar-refractivity contribution in [2.24, 2.45) is 0 Å². The fraction of sp³-hybridized carbons (Fsp3) is 0.480. The number of aliphatic hydroxyl groups excluding tert-OH is 2. The Balaban J connectivity index is 1.60. The molecule has 2 N–H and O–H groups in total. The Labute approximate surface area is 194 Å². The van der Waals surface area contributed by atoms with Crippen LogP contribution < -0.4 is 9.64 Å². The lowest BCUT2D eigenvalue weighted by molar-refractivity contribution is 0.0531. The van der Waals surface area contributed by atoms with Crippen LogP contribution in [0.3, 0.4) is 0 Å². The summed E-state index contributed by atoms with van der Waals surface area (Å²) < 4.78 is 11.4. The van der Waals surface area contributed by atoms with Gasteiger partial charge in [-0.2, -0.15) is 4.98 Å². The maximum atomic E-state index is 9.62. The Morgan fingerprint density at radius 3 is 2.52 bits per heavy atom. The fourth-order valence-electron chi connectivity index (χ4n) is 4.23. The first kappa shape index (κ1) is 23.2. The number of hydrogen-bond donors (Lipinski definition) is 2. The minimum Gasteiger partial charge on any atom is -0.490 e. The van der Waals surface area contributed by atoms with E-state index in [1.807, 2.05) is 32.2 Å². The molecule has 2 aromatic heterocycles. The minimum absolute atomic E-state index is 0.0379. The van der Waals surface area contributed by atoms with Crippen molar-refractivity contribution in [1.82, 2.24) is 15.1 Å². The molecule has 1 saturated heterocycles. The number of ether oxygens (including phenoxy) is 1. The molecule has 33 heavy (non-hydrogen) atoms. The van der Waals surface area contributed by atoms with Gasteiger partial charge in [0, 0.05) is 24.8 Å². The summed E-state index contributed by atoms with van der Waals surface area (Å²) in [4.78, 5) is 11.7. The molecule has 0 saturated carbocycles. The molecule has 8 heteroatoms. The monoisotopic (exact) mass is 452 g/mol. The first-order valence-corrected chi connectivity index (χ1v) is 11.7. The van der Waals surface area contributed by atoms with Gasteiger partial charge >= 0.3 is 0 Å². The predicted molar refractivity (Wildman–Crippen MR) is 126 cm³/mol. The van der Waals surface area contributed by atoms with Crippen LogP contribution in [-0.4, -0.2) is 57.7 Å². The molecular weight excluding hydrogens is 420 g/mol. The van der Waals surface area contributed by atoms with E-state index >= 15 is 0 Å². The third-order valence-corrected chi connectivity index (χ3v) is 6.02. The van der Waals surface area contributed by atoms with Crippen LogP contribution in [0.4, 0.5) is 5.82 Å². The van der Waals surface area contributed by atoms with Crippen LogP contribution in [0.25, 0.3) is 22.8 Å². The number of aromatic nitrogens is 3. The molecule has 1 fully saturated rings. The summed E-state index contributed by atoms with van der Waals surface area (Å²) >= 11 is 0. The van der Waals surface area contributed by atoms with Crippen LogP contribution in [-0.2, 0) is 12.8 Å². The average Bonchev–Trinajstić information content (AvgIpc) is 3.55. The molecule has 3 aromatic rings. The molecule has 3 heterocycles. The summed E-state index contributed by atoms with van der Waals surface area (Å²) in [5.41, 5.74) is 4.73. The van der Waals surface area contributed by atoms with E-state index in [0.29, 0.717) is 17.5 Å². The third-order valence-electron chi connectivity index (χ3n) is 6.02. The number of aliphatic hydroxyl groups is 2. The van der Waals surface area contributed by atoms with Gasteiger partial charge in [-0.25, -0.2) is 4.98 Å². The van der Waals surface area contributed by atoms with E-state index in [-0.39, 0.29) is 13.2 Å². The van der Waals surface area contributed by atoms with E-state index in [1.165, 1.54) is 18.4 Å². The Morgan fingerprint density at radius 2 is 1.82 bits per heavy atom. The molecule has 0 unspecified atom stereocenters. The van der Waals surface area contributed by atoms with Crippen LogP contribution in [0.5, 0.6) is 5.75 Å². The van der Waals surface area contributed by atoms with Crippen molar-refractivity contribution in [3.63, 3.8) is 0 Å². The zero-order valence-corrected chi connectivity index (χ0v) is 19.5. The van der Waals surface area contributed by atoms with Gasteiger partial charge in [-0.15, -0.1) is 0 Å². The fourth-order valence-corrected chi connectivity index (χ4v) is 4.23. The zero-order valence-electron chi connectivity index (χ0n) is 19.5. The summed E-state index contributed by atoms with van der Waals surface area (Å²) in [7, 11) is 0. The first-order valence-electron chi connectivity index (χ1n) is 11.7. The van der Waals surface area contributed by atoms with Crippen LogP contribution in [0.1, 0.15) is 43.4 Å². The quantitative estimate of drug-likeness (QED) is 0.508. The number of anilines is 1. The van der Waals surface area contributed by atoms with Crippen LogP contribution in [0.2, 0.25) is 0 Å². The van der Waals surface area contributed by atoms with Crippen molar-refractivity contribution in [2.45, 2.75) is 52.6 Å². The van der Waals surface area contributed by atoms with E-state index in [1.54, 1.807) is 0 Å². The molecule has 0 amide bonds. The highest BCUT2D eigenvalue weighted by molar-refractivity contribution is 5.65. The van der Waals surface area contributed by atoms with E-state index in [2.05, 4.69) is 28.0 Å². The second kappa shape index (κ2) is 10.3. The molecule has 4 rings (SSSR count). The van der Waals surface area contributed by atoms with Gasteiger partial charge in [-0.1, -0.05) is 19.0 Å². The smallest absolute Gasteiger partial charge is 0.259 e. The van der Waals surface area contributed by atoms with Gasteiger partial charge in [0.15, 0.2) is 0 Å². The Kier molecular flexibility index (Phi) is 7.25.